The summed E-state index contributed by atoms with van der Waals surface area (Å²) in [6.45, 7) is 3.21. The Bertz CT molecular complexity index is 743. The topological polar surface area (TPSA) is 82.4 Å². The van der Waals surface area contributed by atoms with E-state index in [1.54, 1.807) is 19.1 Å². The molecule has 5 nitrogen and oxygen atoms in total. The minimum atomic E-state index is -1.70. The number of ether oxygens (including phenoxy) is 1. The molecule has 0 aromatic heterocycles. The van der Waals surface area contributed by atoms with E-state index in [-0.39, 0.29) is 22.2 Å². The SMILES string of the molecule is CCOC(=O)[C@@H]1[C@@H](c2ccc(Cl)cc2Cl)C(C#N)=C([S-])NC1(C)O. The molecule has 2 rings (SSSR count). The van der Waals surface area contributed by atoms with Crippen molar-refractivity contribution in [2.45, 2.75) is 25.5 Å². The number of esters is 1. The van der Waals surface area contributed by atoms with Crippen molar-refractivity contribution in [3.05, 3.63) is 44.4 Å². The van der Waals surface area contributed by atoms with Gasteiger partial charge in [-0.25, -0.2) is 0 Å². The Labute approximate surface area is 155 Å². The quantitative estimate of drug-likeness (QED) is 0.614. The van der Waals surface area contributed by atoms with Crippen molar-refractivity contribution in [3.63, 3.8) is 0 Å². The zero-order chi connectivity index (χ0) is 18.1. The fourth-order valence-corrected chi connectivity index (χ4v) is 3.72. The predicted molar refractivity (Wildman–Crippen MR) is 93.1 cm³/mol. The number of nitriles is 1. The van der Waals surface area contributed by atoms with Crippen LogP contribution in [-0.4, -0.2) is 23.4 Å². The van der Waals surface area contributed by atoms with E-state index in [2.05, 4.69) is 5.32 Å². The average Bonchev–Trinajstić information content (AvgIpc) is 2.45. The first-order chi connectivity index (χ1) is 11.2. The maximum atomic E-state index is 12.5. The second-order valence-corrected chi connectivity index (χ2v) is 6.75. The highest BCUT2D eigenvalue weighted by atomic mass is 35.5. The molecule has 1 aromatic carbocycles. The molecule has 24 heavy (non-hydrogen) atoms. The number of carbonyl (C=O) groups excluding carboxylic acids is 1. The lowest BCUT2D eigenvalue weighted by Crippen LogP contribution is -2.57. The molecule has 1 heterocycles. The monoisotopic (exact) mass is 385 g/mol. The minimum absolute atomic E-state index is 0.0686. The van der Waals surface area contributed by atoms with Crippen molar-refractivity contribution in [1.82, 2.24) is 5.32 Å². The minimum Gasteiger partial charge on any atom is -0.762 e. The van der Waals surface area contributed by atoms with E-state index < -0.39 is 23.5 Å². The molecule has 1 unspecified atom stereocenters. The summed E-state index contributed by atoms with van der Waals surface area (Å²) in [5.41, 5.74) is -1.09. The van der Waals surface area contributed by atoms with Gasteiger partial charge in [0.1, 0.15) is 11.6 Å². The molecular weight excluding hydrogens is 371 g/mol. The summed E-state index contributed by atoms with van der Waals surface area (Å²) in [6, 6.07) is 6.73. The Balaban J connectivity index is 2.69. The first-order valence-electron chi connectivity index (χ1n) is 7.16. The number of rotatable bonds is 3. The molecule has 0 radical (unpaired) electrons. The highest BCUT2D eigenvalue weighted by molar-refractivity contribution is 7.63. The van der Waals surface area contributed by atoms with E-state index in [1.165, 1.54) is 13.0 Å². The van der Waals surface area contributed by atoms with Crippen LogP contribution in [0.5, 0.6) is 0 Å². The smallest absolute Gasteiger partial charge is 0.314 e. The summed E-state index contributed by atoms with van der Waals surface area (Å²) < 4.78 is 5.09. The van der Waals surface area contributed by atoms with Gasteiger partial charge in [-0.2, -0.15) is 5.26 Å². The Hall–Kier alpha value is -1.52. The van der Waals surface area contributed by atoms with E-state index in [4.69, 9.17) is 40.6 Å². The molecule has 0 fully saturated rings. The van der Waals surface area contributed by atoms with Crippen LogP contribution in [0.4, 0.5) is 0 Å². The van der Waals surface area contributed by atoms with Crippen LogP contribution in [0.2, 0.25) is 10.0 Å². The molecule has 0 bridgehead atoms. The number of allylic oxidation sites excluding steroid dienone is 1. The van der Waals surface area contributed by atoms with Crippen molar-refractivity contribution in [1.29, 1.82) is 5.26 Å². The van der Waals surface area contributed by atoms with Gasteiger partial charge >= 0.3 is 5.97 Å². The van der Waals surface area contributed by atoms with Crippen LogP contribution in [0.15, 0.2) is 28.8 Å². The van der Waals surface area contributed by atoms with Crippen LogP contribution in [-0.2, 0) is 22.2 Å². The van der Waals surface area contributed by atoms with Crippen molar-refractivity contribution in [2.24, 2.45) is 5.92 Å². The zero-order valence-corrected chi connectivity index (χ0v) is 15.3. The summed E-state index contributed by atoms with van der Waals surface area (Å²) in [5, 5.41) is 23.6. The summed E-state index contributed by atoms with van der Waals surface area (Å²) in [6.07, 6.45) is 0. The van der Waals surface area contributed by atoms with Gasteiger partial charge < -0.3 is 27.8 Å². The van der Waals surface area contributed by atoms with E-state index >= 15 is 0 Å². The first-order valence-corrected chi connectivity index (χ1v) is 8.32. The Morgan fingerprint density at radius 1 is 1.54 bits per heavy atom. The first kappa shape index (κ1) is 18.8. The van der Waals surface area contributed by atoms with E-state index in [0.29, 0.717) is 10.6 Å². The highest BCUT2D eigenvalue weighted by Gasteiger charge is 2.49. The average molecular weight is 386 g/mol. The van der Waals surface area contributed by atoms with Crippen LogP contribution in [0.1, 0.15) is 25.3 Å². The molecule has 1 aromatic rings. The summed E-state index contributed by atoms with van der Waals surface area (Å²) in [4.78, 5) is 12.5. The maximum absolute atomic E-state index is 12.5. The zero-order valence-electron chi connectivity index (χ0n) is 13.0. The molecule has 1 aliphatic rings. The lowest BCUT2D eigenvalue weighted by Gasteiger charge is -2.45. The van der Waals surface area contributed by atoms with Gasteiger partial charge in [-0.15, -0.1) is 0 Å². The molecule has 2 N–H and O–H groups in total. The molecule has 128 valence electrons. The maximum Gasteiger partial charge on any atom is 0.314 e. The molecular formula is C16H15Cl2N2O3S-. The number of nitrogens with zero attached hydrogens (tertiary/aromatic N) is 1. The molecule has 0 saturated carbocycles. The van der Waals surface area contributed by atoms with Crippen LogP contribution in [0, 0.1) is 17.2 Å². The van der Waals surface area contributed by atoms with Gasteiger partial charge in [0.25, 0.3) is 0 Å². The molecule has 0 spiro atoms. The Morgan fingerprint density at radius 2 is 2.21 bits per heavy atom. The largest absolute Gasteiger partial charge is 0.762 e. The van der Waals surface area contributed by atoms with Crippen LogP contribution >= 0.6 is 23.2 Å². The van der Waals surface area contributed by atoms with Gasteiger partial charge in [-0.3, -0.25) is 4.79 Å². The molecule has 0 aliphatic carbocycles. The van der Waals surface area contributed by atoms with Gasteiger partial charge in [-0.05, 0) is 31.5 Å². The molecule has 3 atom stereocenters. The Kier molecular flexibility index (Phi) is 5.61. The van der Waals surface area contributed by atoms with Crippen molar-refractivity contribution in [2.75, 3.05) is 6.61 Å². The fraction of sp³-hybridized carbons (Fsp3) is 0.375. The van der Waals surface area contributed by atoms with Gasteiger partial charge in [0, 0.05) is 21.5 Å². The van der Waals surface area contributed by atoms with Gasteiger partial charge in [0.2, 0.25) is 0 Å². The number of carbonyl (C=O) groups is 1. The summed E-state index contributed by atoms with van der Waals surface area (Å²) in [5.74, 6) is -2.60. The van der Waals surface area contributed by atoms with Crippen LogP contribution < -0.4 is 5.32 Å². The van der Waals surface area contributed by atoms with Crippen molar-refractivity contribution < 1.29 is 14.6 Å². The van der Waals surface area contributed by atoms with Gasteiger partial charge in [0.15, 0.2) is 0 Å². The second-order valence-electron chi connectivity index (χ2n) is 5.50. The normalized spacial score (nSPS) is 26.5. The van der Waals surface area contributed by atoms with Crippen molar-refractivity contribution >= 4 is 41.8 Å². The molecule has 0 amide bonds. The number of benzene rings is 1. The van der Waals surface area contributed by atoms with E-state index in [9.17, 15) is 15.2 Å². The van der Waals surface area contributed by atoms with Crippen LogP contribution in [0.3, 0.4) is 0 Å². The number of hydrogen-bond acceptors (Lipinski definition) is 6. The molecule has 1 aliphatic heterocycles. The fourth-order valence-electron chi connectivity index (χ4n) is 2.81. The van der Waals surface area contributed by atoms with Gasteiger partial charge in [0.05, 0.1) is 12.7 Å². The lowest BCUT2D eigenvalue weighted by atomic mass is 9.73. The second kappa shape index (κ2) is 7.16. The van der Waals surface area contributed by atoms with E-state index in [0.717, 1.165) is 0 Å². The highest BCUT2D eigenvalue weighted by Crippen LogP contribution is 2.45. The standard InChI is InChI=1S/C16H16Cl2N2O3S/c1-3-23-15(21)13-12(9-5-4-8(17)6-11(9)18)10(7-19)14(24)20-16(13,2)22/h4-6,12-13,20,22,24H,3H2,1-2H3/p-1/t12-,13-,16?/m0/s1. The lowest BCUT2D eigenvalue weighted by molar-refractivity contribution is -0.161. The summed E-state index contributed by atoms with van der Waals surface area (Å²) >= 11 is 17.4. The van der Waals surface area contributed by atoms with E-state index in [1.807, 2.05) is 6.07 Å². The molecule has 0 saturated heterocycles. The summed E-state index contributed by atoms with van der Waals surface area (Å²) in [7, 11) is 0. The van der Waals surface area contributed by atoms with Crippen molar-refractivity contribution in [3.8, 4) is 6.07 Å². The van der Waals surface area contributed by atoms with Crippen LogP contribution in [0.25, 0.3) is 0 Å². The third kappa shape index (κ3) is 3.45. The Morgan fingerprint density at radius 3 is 2.75 bits per heavy atom. The predicted octanol–water partition coefficient (Wildman–Crippen LogP) is 2.85. The molecule has 8 heteroatoms. The number of hydrogen-bond donors (Lipinski definition) is 2. The third-order valence-corrected chi connectivity index (χ3v) is 4.70. The third-order valence-electron chi connectivity index (χ3n) is 3.82. The van der Waals surface area contributed by atoms with Gasteiger partial charge in [-0.1, -0.05) is 34.3 Å². The number of aliphatic hydroxyl groups is 1. The number of nitrogens with one attached hydrogen (secondary N) is 1. The number of halogens is 2.